The minimum atomic E-state index is -1.08. The number of hydrogen-bond donors (Lipinski definition) is 1. The molecule has 3 heteroatoms. The summed E-state index contributed by atoms with van der Waals surface area (Å²) in [5, 5.41) is 18.9. The third kappa shape index (κ3) is 1.32. The number of hydrogen-bond acceptors (Lipinski definition) is 3. The molecule has 3 nitrogen and oxygen atoms in total. The van der Waals surface area contributed by atoms with Crippen LogP contribution in [0.3, 0.4) is 0 Å². The monoisotopic (exact) mass is 184 g/mol. The lowest BCUT2D eigenvalue weighted by Crippen LogP contribution is -1.94. The van der Waals surface area contributed by atoms with Gasteiger partial charge in [-0.2, -0.15) is 5.26 Å². The van der Waals surface area contributed by atoms with Gasteiger partial charge in [-0.15, -0.1) is 0 Å². The van der Waals surface area contributed by atoms with E-state index in [9.17, 15) is 5.11 Å². The standard InChI is InChI=1S/C11H8N2O/c12-7-11(14)9-3-1-5-10-8(9)4-2-6-13-10/h1-6,11,14H. The molecule has 0 aliphatic rings. The lowest BCUT2D eigenvalue weighted by Gasteiger charge is -2.05. The molecule has 0 radical (unpaired) electrons. The summed E-state index contributed by atoms with van der Waals surface area (Å²) in [5.74, 6) is 0. The van der Waals surface area contributed by atoms with Crippen molar-refractivity contribution in [1.29, 1.82) is 5.26 Å². The molecule has 0 saturated carbocycles. The number of aliphatic hydroxyl groups is 1. The Morgan fingerprint density at radius 1 is 1.29 bits per heavy atom. The van der Waals surface area contributed by atoms with Crippen LogP contribution in [0.25, 0.3) is 10.9 Å². The van der Waals surface area contributed by atoms with E-state index in [-0.39, 0.29) is 0 Å². The van der Waals surface area contributed by atoms with Crippen LogP contribution in [0.2, 0.25) is 0 Å². The van der Waals surface area contributed by atoms with Gasteiger partial charge in [-0.1, -0.05) is 18.2 Å². The molecular weight excluding hydrogens is 176 g/mol. The average molecular weight is 184 g/mol. The number of nitrogens with zero attached hydrogens (tertiary/aromatic N) is 2. The molecule has 1 aromatic heterocycles. The van der Waals surface area contributed by atoms with Gasteiger partial charge < -0.3 is 5.11 Å². The van der Waals surface area contributed by atoms with Crippen LogP contribution in [0, 0.1) is 11.3 Å². The first-order chi connectivity index (χ1) is 6.83. The highest BCUT2D eigenvalue weighted by Crippen LogP contribution is 2.21. The van der Waals surface area contributed by atoms with Gasteiger partial charge in [0.05, 0.1) is 11.6 Å². The molecule has 1 heterocycles. The fourth-order valence-electron chi connectivity index (χ4n) is 1.44. The van der Waals surface area contributed by atoms with Gasteiger partial charge in [-0.25, -0.2) is 0 Å². The maximum absolute atomic E-state index is 9.44. The van der Waals surface area contributed by atoms with Crippen molar-refractivity contribution in [2.24, 2.45) is 0 Å². The van der Waals surface area contributed by atoms with Crippen molar-refractivity contribution < 1.29 is 5.11 Å². The lowest BCUT2D eigenvalue weighted by molar-refractivity contribution is 0.237. The Morgan fingerprint density at radius 2 is 2.14 bits per heavy atom. The summed E-state index contributed by atoms with van der Waals surface area (Å²) in [6, 6.07) is 10.8. The van der Waals surface area contributed by atoms with Gasteiger partial charge in [0.15, 0.2) is 6.10 Å². The van der Waals surface area contributed by atoms with Crippen LogP contribution in [-0.2, 0) is 0 Å². The zero-order chi connectivity index (χ0) is 9.97. The van der Waals surface area contributed by atoms with Crippen molar-refractivity contribution in [2.45, 2.75) is 6.10 Å². The molecule has 2 aromatic rings. The molecule has 1 N–H and O–H groups in total. The molecule has 14 heavy (non-hydrogen) atoms. The van der Waals surface area contributed by atoms with Gasteiger partial charge >= 0.3 is 0 Å². The Labute approximate surface area is 81.2 Å². The third-order valence-electron chi connectivity index (χ3n) is 2.10. The van der Waals surface area contributed by atoms with Crippen molar-refractivity contribution in [3.05, 3.63) is 42.1 Å². The quantitative estimate of drug-likeness (QED) is 0.687. The summed E-state index contributed by atoms with van der Waals surface area (Å²) in [6.45, 7) is 0. The first-order valence-corrected chi connectivity index (χ1v) is 4.24. The molecule has 0 saturated heterocycles. The van der Waals surface area contributed by atoms with Gasteiger partial charge in [0.2, 0.25) is 0 Å². The van der Waals surface area contributed by atoms with E-state index >= 15 is 0 Å². The SMILES string of the molecule is N#CC(O)c1cccc2ncccc12. The summed E-state index contributed by atoms with van der Waals surface area (Å²) in [4.78, 5) is 4.14. The minimum absolute atomic E-state index is 0.609. The highest BCUT2D eigenvalue weighted by atomic mass is 16.3. The second kappa shape index (κ2) is 3.44. The number of nitriles is 1. The van der Waals surface area contributed by atoms with E-state index in [2.05, 4.69) is 4.98 Å². The largest absolute Gasteiger partial charge is 0.374 e. The first kappa shape index (κ1) is 8.67. The Kier molecular flexibility index (Phi) is 2.13. The van der Waals surface area contributed by atoms with E-state index in [0.29, 0.717) is 5.56 Å². The maximum Gasteiger partial charge on any atom is 0.166 e. The van der Waals surface area contributed by atoms with Crippen LogP contribution in [0.15, 0.2) is 36.5 Å². The van der Waals surface area contributed by atoms with Crippen molar-refractivity contribution in [1.82, 2.24) is 4.98 Å². The summed E-state index contributed by atoms with van der Waals surface area (Å²) in [5.41, 5.74) is 1.40. The molecule has 0 aliphatic heterocycles. The van der Waals surface area contributed by atoms with E-state index in [1.54, 1.807) is 30.5 Å². The molecule has 1 aromatic carbocycles. The molecule has 0 amide bonds. The normalized spacial score (nSPS) is 12.3. The van der Waals surface area contributed by atoms with E-state index in [1.165, 1.54) is 0 Å². The topological polar surface area (TPSA) is 56.9 Å². The molecule has 0 fully saturated rings. The molecule has 2 rings (SSSR count). The molecule has 1 atom stereocenters. The van der Waals surface area contributed by atoms with Crippen molar-refractivity contribution in [3.63, 3.8) is 0 Å². The average Bonchev–Trinajstić information content (AvgIpc) is 2.27. The Bertz CT molecular complexity index is 497. The van der Waals surface area contributed by atoms with Gasteiger partial charge in [0, 0.05) is 17.1 Å². The van der Waals surface area contributed by atoms with Crippen LogP contribution in [0.4, 0.5) is 0 Å². The molecule has 0 aliphatic carbocycles. The Hall–Kier alpha value is -1.92. The van der Waals surface area contributed by atoms with Crippen molar-refractivity contribution in [3.8, 4) is 6.07 Å². The zero-order valence-corrected chi connectivity index (χ0v) is 7.38. The fourth-order valence-corrected chi connectivity index (χ4v) is 1.44. The Morgan fingerprint density at radius 3 is 2.93 bits per heavy atom. The van der Waals surface area contributed by atoms with E-state index in [4.69, 9.17) is 5.26 Å². The number of benzene rings is 1. The maximum atomic E-state index is 9.44. The van der Waals surface area contributed by atoms with Gasteiger partial charge in [-0.05, 0) is 12.1 Å². The third-order valence-corrected chi connectivity index (χ3v) is 2.10. The second-order valence-electron chi connectivity index (χ2n) is 2.95. The molecular formula is C11H8N2O. The lowest BCUT2D eigenvalue weighted by atomic mass is 10.0. The summed E-state index contributed by atoms with van der Waals surface area (Å²) < 4.78 is 0. The number of fused-ring (bicyclic) bond motifs is 1. The van der Waals surface area contributed by atoms with E-state index < -0.39 is 6.10 Å². The summed E-state index contributed by atoms with van der Waals surface area (Å²) in [7, 11) is 0. The summed E-state index contributed by atoms with van der Waals surface area (Å²) >= 11 is 0. The van der Waals surface area contributed by atoms with Gasteiger partial charge in [-0.3, -0.25) is 4.98 Å². The van der Waals surface area contributed by atoms with Gasteiger partial charge in [0.25, 0.3) is 0 Å². The highest BCUT2D eigenvalue weighted by molar-refractivity contribution is 5.82. The highest BCUT2D eigenvalue weighted by Gasteiger charge is 2.09. The van der Waals surface area contributed by atoms with Crippen LogP contribution >= 0.6 is 0 Å². The number of aromatic nitrogens is 1. The van der Waals surface area contributed by atoms with Crippen LogP contribution in [-0.4, -0.2) is 10.1 Å². The van der Waals surface area contributed by atoms with Gasteiger partial charge in [0.1, 0.15) is 0 Å². The predicted molar refractivity (Wildman–Crippen MR) is 52.3 cm³/mol. The van der Waals surface area contributed by atoms with Crippen LogP contribution < -0.4 is 0 Å². The first-order valence-electron chi connectivity index (χ1n) is 4.24. The number of aliphatic hydroxyl groups excluding tert-OH is 1. The van der Waals surface area contributed by atoms with E-state index in [1.807, 2.05) is 12.1 Å². The van der Waals surface area contributed by atoms with Crippen LogP contribution in [0.5, 0.6) is 0 Å². The minimum Gasteiger partial charge on any atom is -0.374 e. The fraction of sp³-hybridized carbons (Fsp3) is 0.0909. The smallest absolute Gasteiger partial charge is 0.166 e. The molecule has 1 unspecified atom stereocenters. The number of rotatable bonds is 1. The second-order valence-corrected chi connectivity index (χ2v) is 2.95. The Balaban J connectivity index is 2.72. The molecule has 0 spiro atoms. The van der Waals surface area contributed by atoms with Crippen LogP contribution in [0.1, 0.15) is 11.7 Å². The van der Waals surface area contributed by atoms with Crippen molar-refractivity contribution >= 4 is 10.9 Å². The summed E-state index contributed by atoms with van der Waals surface area (Å²) in [6.07, 6.45) is 0.605. The number of pyridine rings is 1. The van der Waals surface area contributed by atoms with Crippen molar-refractivity contribution in [2.75, 3.05) is 0 Å². The molecule has 0 bridgehead atoms. The molecule has 68 valence electrons. The zero-order valence-electron chi connectivity index (χ0n) is 7.38. The predicted octanol–water partition coefficient (Wildman–Crippen LogP) is 1.79. The van der Waals surface area contributed by atoms with E-state index in [0.717, 1.165) is 10.9 Å².